The van der Waals surface area contributed by atoms with Crippen LogP contribution in [0.3, 0.4) is 0 Å². The molecule has 1 aromatic heterocycles. The van der Waals surface area contributed by atoms with Crippen LogP contribution in [-0.4, -0.2) is 34.1 Å². The van der Waals surface area contributed by atoms with Gasteiger partial charge in [-0.2, -0.15) is 0 Å². The third-order valence-electron chi connectivity index (χ3n) is 4.12. The summed E-state index contributed by atoms with van der Waals surface area (Å²) in [6.07, 6.45) is -3.20. The van der Waals surface area contributed by atoms with E-state index in [1.807, 2.05) is 48.5 Å². The Bertz CT molecular complexity index is 1130. The van der Waals surface area contributed by atoms with E-state index in [4.69, 9.17) is 0 Å². The van der Waals surface area contributed by atoms with Crippen molar-refractivity contribution >= 4 is 5.91 Å². The summed E-state index contributed by atoms with van der Waals surface area (Å²) < 4.78 is 41.6. The summed E-state index contributed by atoms with van der Waals surface area (Å²) in [5.41, 5.74) is 2.15. The Morgan fingerprint density at radius 2 is 1.50 bits per heavy atom. The molecule has 0 aliphatic heterocycles. The van der Waals surface area contributed by atoms with Gasteiger partial charge in [0.05, 0.1) is 5.69 Å². The number of carbonyl (C=O) groups excluding carboxylic acids is 1. The molecule has 164 valence electrons. The molecule has 0 saturated heterocycles. The smallest absolute Gasteiger partial charge is 0.406 e. The lowest BCUT2D eigenvalue weighted by atomic mass is 10.2. The molecule has 3 aromatic carbocycles. The summed E-state index contributed by atoms with van der Waals surface area (Å²) in [6.45, 7) is 0. The van der Waals surface area contributed by atoms with Gasteiger partial charge < -0.3 is 10.1 Å². The molecule has 0 fully saturated rings. The molecule has 0 saturated carbocycles. The molecule has 1 heterocycles. The number of hydrogen-bond acceptors (Lipinski definition) is 4. The second-order valence-electron chi connectivity index (χ2n) is 6.37. The van der Waals surface area contributed by atoms with E-state index >= 15 is 0 Å². The molecule has 0 aliphatic carbocycles. The average Bonchev–Trinajstić information content (AvgIpc) is 3.30. The number of alkyl halides is 3. The van der Waals surface area contributed by atoms with Crippen LogP contribution in [0.2, 0.25) is 0 Å². The topological polar surface area (TPSA) is 69.0 Å². The van der Waals surface area contributed by atoms with Gasteiger partial charge >= 0.3 is 6.36 Å². The third-order valence-corrected chi connectivity index (χ3v) is 4.12. The number of nitrogens with zero attached hydrogens (tertiary/aromatic N) is 3. The first-order valence-corrected chi connectivity index (χ1v) is 9.46. The Balaban J connectivity index is 0.000000243. The molecule has 6 nitrogen and oxygen atoms in total. The van der Waals surface area contributed by atoms with E-state index < -0.39 is 6.36 Å². The summed E-state index contributed by atoms with van der Waals surface area (Å²) in [4.78, 5) is 15.1. The highest BCUT2D eigenvalue weighted by molar-refractivity contribution is 5.93. The molecule has 0 spiro atoms. The van der Waals surface area contributed by atoms with Crippen molar-refractivity contribution in [1.82, 2.24) is 20.1 Å². The maximum atomic E-state index is 12.1. The lowest BCUT2D eigenvalue weighted by Gasteiger charge is -2.09. The minimum absolute atomic E-state index is 0.0411. The van der Waals surface area contributed by atoms with Crippen molar-refractivity contribution < 1.29 is 22.7 Å². The van der Waals surface area contributed by atoms with Gasteiger partial charge in [-0.05, 0) is 36.4 Å². The monoisotopic (exact) mass is 440 g/mol. The first-order chi connectivity index (χ1) is 15.4. The first-order valence-electron chi connectivity index (χ1n) is 9.46. The van der Waals surface area contributed by atoms with Gasteiger partial charge in [0.2, 0.25) is 0 Å². The van der Waals surface area contributed by atoms with Crippen molar-refractivity contribution in [2.75, 3.05) is 7.05 Å². The second-order valence-corrected chi connectivity index (χ2v) is 6.37. The summed E-state index contributed by atoms with van der Waals surface area (Å²) in [5, 5.41) is 6.84. The molecular weight excluding hydrogens is 421 g/mol. The van der Waals surface area contributed by atoms with Crippen LogP contribution < -0.4 is 10.1 Å². The molecule has 0 unspecified atom stereocenters. The van der Waals surface area contributed by atoms with Gasteiger partial charge in [0.15, 0.2) is 5.82 Å². The highest BCUT2D eigenvalue weighted by atomic mass is 19.4. The van der Waals surface area contributed by atoms with Crippen molar-refractivity contribution in [3.8, 4) is 22.8 Å². The second kappa shape index (κ2) is 10.3. The van der Waals surface area contributed by atoms with Gasteiger partial charge in [-0.3, -0.25) is 4.79 Å². The molecule has 32 heavy (non-hydrogen) atoms. The highest BCUT2D eigenvalue weighted by Gasteiger charge is 2.30. The molecule has 0 aliphatic rings. The zero-order valence-corrected chi connectivity index (χ0v) is 17.0. The van der Waals surface area contributed by atoms with Crippen molar-refractivity contribution in [3.05, 3.63) is 96.8 Å². The van der Waals surface area contributed by atoms with Gasteiger partial charge in [-0.1, -0.05) is 48.5 Å². The van der Waals surface area contributed by atoms with E-state index in [0.717, 1.165) is 5.56 Å². The maximum absolute atomic E-state index is 12.1. The van der Waals surface area contributed by atoms with Crippen molar-refractivity contribution in [2.45, 2.75) is 6.36 Å². The fourth-order valence-corrected chi connectivity index (χ4v) is 2.64. The number of nitrogens with one attached hydrogen (secondary N) is 1. The lowest BCUT2D eigenvalue weighted by molar-refractivity contribution is -0.274. The van der Waals surface area contributed by atoms with E-state index in [0.29, 0.717) is 17.1 Å². The summed E-state index contributed by atoms with van der Waals surface area (Å²) >= 11 is 0. The Morgan fingerprint density at radius 3 is 2.06 bits per heavy atom. The number of ether oxygens (including phenoxy) is 1. The number of halogens is 3. The van der Waals surface area contributed by atoms with E-state index in [9.17, 15) is 18.0 Å². The number of benzene rings is 3. The van der Waals surface area contributed by atoms with E-state index in [1.54, 1.807) is 19.2 Å². The SMILES string of the molecule is CNC(=O)c1ccccc1.FC(F)(F)Oc1ccc(-n2cnc(-c3ccccc3)n2)cc1. The predicted molar refractivity (Wildman–Crippen MR) is 113 cm³/mol. The summed E-state index contributed by atoms with van der Waals surface area (Å²) in [7, 11) is 1.62. The average molecular weight is 440 g/mol. The van der Waals surface area contributed by atoms with E-state index in [2.05, 4.69) is 20.1 Å². The van der Waals surface area contributed by atoms with Crippen LogP contribution in [0.25, 0.3) is 17.1 Å². The van der Waals surface area contributed by atoms with Crippen LogP contribution in [0, 0.1) is 0 Å². The number of rotatable bonds is 4. The number of amides is 1. The van der Waals surface area contributed by atoms with Crippen LogP contribution in [0.4, 0.5) is 13.2 Å². The molecule has 1 N–H and O–H groups in total. The van der Waals surface area contributed by atoms with Crippen molar-refractivity contribution in [3.63, 3.8) is 0 Å². The zero-order chi connectivity index (χ0) is 23.0. The van der Waals surface area contributed by atoms with Crippen molar-refractivity contribution in [1.29, 1.82) is 0 Å². The molecule has 9 heteroatoms. The molecular formula is C23H19F3N4O2. The van der Waals surface area contributed by atoms with Crippen LogP contribution in [0.15, 0.2) is 91.3 Å². The van der Waals surface area contributed by atoms with E-state index in [-0.39, 0.29) is 11.7 Å². The van der Waals surface area contributed by atoms with Crippen LogP contribution in [0.1, 0.15) is 10.4 Å². The largest absolute Gasteiger partial charge is 0.573 e. The minimum atomic E-state index is -4.70. The van der Waals surface area contributed by atoms with E-state index in [1.165, 1.54) is 35.3 Å². The van der Waals surface area contributed by atoms with Crippen LogP contribution >= 0.6 is 0 Å². The molecule has 0 atom stereocenters. The Morgan fingerprint density at radius 1 is 0.906 bits per heavy atom. The summed E-state index contributed by atoms with van der Waals surface area (Å²) in [5.74, 6) is 0.219. The maximum Gasteiger partial charge on any atom is 0.573 e. The van der Waals surface area contributed by atoms with Crippen molar-refractivity contribution in [2.24, 2.45) is 0 Å². The number of hydrogen-bond donors (Lipinski definition) is 1. The fourth-order valence-electron chi connectivity index (χ4n) is 2.64. The van der Waals surface area contributed by atoms with Gasteiger partial charge in [-0.15, -0.1) is 18.3 Å². The Labute approximate surface area is 182 Å². The molecule has 4 aromatic rings. The van der Waals surface area contributed by atoms with Gasteiger partial charge in [0.1, 0.15) is 12.1 Å². The molecule has 4 rings (SSSR count). The number of aromatic nitrogens is 3. The Kier molecular flexibility index (Phi) is 7.22. The lowest BCUT2D eigenvalue weighted by Crippen LogP contribution is -2.17. The number of carbonyl (C=O) groups is 1. The molecule has 0 radical (unpaired) electrons. The third kappa shape index (κ3) is 6.43. The zero-order valence-electron chi connectivity index (χ0n) is 17.0. The first kappa shape index (κ1) is 22.5. The summed E-state index contributed by atoms with van der Waals surface area (Å²) in [6, 6.07) is 23.9. The van der Waals surface area contributed by atoms with Gasteiger partial charge in [-0.25, -0.2) is 9.67 Å². The molecule has 1 amide bonds. The quantitative estimate of drug-likeness (QED) is 0.491. The van der Waals surface area contributed by atoms with Gasteiger partial charge in [0, 0.05) is 18.2 Å². The fraction of sp³-hybridized carbons (Fsp3) is 0.0870. The van der Waals surface area contributed by atoms with Gasteiger partial charge in [0.25, 0.3) is 5.91 Å². The normalized spacial score (nSPS) is 10.6. The predicted octanol–water partition coefficient (Wildman–Crippen LogP) is 4.88. The highest BCUT2D eigenvalue weighted by Crippen LogP contribution is 2.23. The Hall–Kier alpha value is -4.14. The molecule has 0 bridgehead atoms. The van der Waals surface area contributed by atoms with Crippen LogP contribution in [0.5, 0.6) is 5.75 Å². The standard InChI is InChI=1S/C15H10F3N3O.C8H9NO/c16-15(17,18)22-13-8-6-12(7-9-13)21-10-19-14(20-21)11-4-2-1-3-5-11;1-9-8(10)7-5-3-2-4-6-7/h1-10H;2-6H,1H3,(H,9,10). The van der Waals surface area contributed by atoms with Crippen LogP contribution in [-0.2, 0) is 0 Å². The minimum Gasteiger partial charge on any atom is -0.406 e.